The fourth-order valence-electron chi connectivity index (χ4n) is 2.23. The van der Waals surface area contributed by atoms with Gasteiger partial charge < -0.3 is 5.32 Å². The molecule has 1 unspecified atom stereocenters. The van der Waals surface area contributed by atoms with Crippen LogP contribution in [0.5, 0.6) is 0 Å². The van der Waals surface area contributed by atoms with E-state index in [1.807, 2.05) is 13.0 Å². The highest BCUT2D eigenvalue weighted by atomic mass is 35.5. The van der Waals surface area contributed by atoms with Crippen molar-refractivity contribution in [3.05, 3.63) is 47.0 Å². The van der Waals surface area contributed by atoms with Crippen molar-refractivity contribution in [2.24, 2.45) is 0 Å². The first-order chi connectivity index (χ1) is 9.60. The van der Waals surface area contributed by atoms with E-state index in [1.165, 1.54) is 6.07 Å². The molecule has 0 aliphatic rings. The van der Waals surface area contributed by atoms with E-state index >= 15 is 0 Å². The Balaban J connectivity index is 2.70. The van der Waals surface area contributed by atoms with Crippen LogP contribution in [-0.2, 0) is 0 Å². The monoisotopic (exact) mass is 301 g/mol. The maximum absolute atomic E-state index is 13.9. The van der Waals surface area contributed by atoms with Gasteiger partial charge in [0.1, 0.15) is 11.6 Å². The summed E-state index contributed by atoms with van der Waals surface area (Å²) in [7, 11) is 0. The Morgan fingerprint density at radius 3 is 2.65 bits per heavy atom. The van der Waals surface area contributed by atoms with Crippen LogP contribution in [0.3, 0.4) is 0 Å². The summed E-state index contributed by atoms with van der Waals surface area (Å²) in [4.78, 5) is 0. The second kappa shape index (κ2) is 9.09. The van der Waals surface area contributed by atoms with Crippen molar-refractivity contribution in [3.8, 4) is 0 Å². The number of rotatable bonds is 9. The molecule has 1 nitrogen and oxygen atoms in total. The van der Waals surface area contributed by atoms with Crippen molar-refractivity contribution in [3.63, 3.8) is 0 Å². The number of allylic oxidation sites excluding steroid dienone is 1. The normalized spacial score (nSPS) is 12.4. The molecule has 4 heteroatoms. The molecule has 0 radical (unpaired) electrons. The van der Waals surface area contributed by atoms with E-state index in [0.29, 0.717) is 12.1 Å². The van der Waals surface area contributed by atoms with Crippen molar-refractivity contribution in [1.82, 2.24) is 5.32 Å². The lowest BCUT2D eigenvalue weighted by molar-refractivity contribution is 0.458. The first-order valence-electron chi connectivity index (χ1n) is 7.08. The highest BCUT2D eigenvalue weighted by Gasteiger charge is 2.17. The zero-order chi connectivity index (χ0) is 15.0. The topological polar surface area (TPSA) is 12.0 Å². The zero-order valence-electron chi connectivity index (χ0n) is 11.9. The summed E-state index contributed by atoms with van der Waals surface area (Å²) in [5.41, 5.74) is 0.359. The Morgan fingerprint density at radius 2 is 2.00 bits per heavy atom. The number of unbranched alkanes of at least 4 members (excludes halogenated alkanes) is 3. The molecular formula is C16H22ClF2N. The number of hydrogen-bond donors (Lipinski definition) is 1. The maximum atomic E-state index is 13.9. The Morgan fingerprint density at radius 1 is 1.25 bits per heavy atom. The fraction of sp³-hybridized carbons (Fsp3) is 0.500. The van der Waals surface area contributed by atoms with E-state index in [-0.39, 0.29) is 11.1 Å². The molecule has 112 valence electrons. The SMILES string of the molecule is C=CCCCCCC(NCC)c1cc(F)c(Cl)cc1F. The standard InChI is InChI=1S/C16H22ClF2N/c1-3-5-6-7-8-9-16(20-4-2)12-10-15(19)13(17)11-14(12)18/h3,10-11,16,20H,1,4-9H2,2H3. The molecular weight excluding hydrogens is 280 g/mol. The lowest BCUT2D eigenvalue weighted by atomic mass is 9.99. The fourth-order valence-corrected chi connectivity index (χ4v) is 2.38. The largest absolute Gasteiger partial charge is 0.310 e. The van der Waals surface area contributed by atoms with Gasteiger partial charge in [0.05, 0.1) is 5.02 Å². The van der Waals surface area contributed by atoms with Crippen molar-refractivity contribution in [2.75, 3.05) is 6.54 Å². The summed E-state index contributed by atoms with van der Waals surface area (Å²) in [5.74, 6) is -1.02. The molecule has 0 bridgehead atoms. The molecule has 1 N–H and O–H groups in total. The van der Waals surface area contributed by atoms with Gasteiger partial charge in [-0.15, -0.1) is 6.58 Å². The summed E-state index contributed by atoms with van der Waals surface area (Å²) < 4.78 is 27.4. The molecule has 0 aromatic heterocycles. The van der Waals surface area contributed by atoms with Crippen LogP contribution in [0.1, 0.15) is 50.6 Å². The quantitative estimate of drug-likeness (QED) is 0.365. The zero-order valence-corrected chi connectivity index (χ0v) is 12.6. The van der Waals surface area contributed by atoms with Crippen LogP contribution in [0.15, 0.2) is 24.8 Å². The number of nitrogens with one attached hydrogen (secondary N) is 1. The smallest absolute Gasteiger partial charge is 0.142 e. The second-order valence-corrected chi connectivity index (χ2v) is 5.23. The summed E-state index contributed by atoms with van der Waals surface area (Å²) in [5, 5.41) is 3.03. The highest BCUT2D eigenvalue weighted by molar-refractivity contribution is 6.30. The molecule has 0 saturated heterocycles. The first kappa shape index (κ1) is 17.1. The van der Waals surface area contributed by atoms with Crippen molar-refractivity contribution in [1.29, 1.82) is 0 Å². The predicted molar refractivity (Wildman–Crippen MR) is 81.1 cm³/mol. The van der Waals surface area contributed by atoms with Gasteiger partial charge in [0.2, 0.25) is 0 Å². The van der Waals surface area contributed by atoms with Crippen LogP contribution < -0.4 is 5.32 Å². The van der Waals surface area contributed by atoms with Gasteiger partial charge in [-0.3, -0.25) is 0 Å². The Bertz CT molecular complexity index is 435. The molecule has 0 amide bonds. The van der Waals surface area contributed by atoms with Gasteiger partial charge in [0.25, 0.3) is 0 Å². The van der Waals surface area contributed by atoms with Crippen molar-refractivity contribution in [2.45, 2.75) is 45.1 Å². The third kappa shape index (κ3) is 5.22. The lowest BCUT2D eigenvalue weighted by Gasteiger charge is -2.19. The summed E-state index contributed by atoms with van der Waals surface area (Å²) in [6.45, 7) is 6.35. The molecule has 20 heavy (non-hydrogen) atoms. The van der Waals surface area contributed by atoms with E-state index in [0.717, 1.165) is 38.2 Å². The van der Waals surface area contributed by atoms with Crippen LogP contribution in [-0.4, -0.2) is 6.54 Å². The van der Waals surface area contributed by atoms with Gasteiger partial charge in [-0.25, -0.2) is 8.78 Å². The minimum absolute atomic E-state index is 0.171. The molecule has 1 aromatic carbocycles. The van der Waals surface area contributed by atoms with Gasteiger partial charge in [-0.05, 0) is 37.9 Å². The molecule has 1 atom stereocenters. The van der Waals surface area contributed by atoms with Gasteiger partial charge in [0, 0.05) is 11.6 Å². The lowest BCUT2D eigenvalue weighted by Crippen LogP contribution is -2.22. The average molecular weight is 302 g/mol. The van der Waals surface area contributed by atoms with Gasteiger partial charge in [-0.1, -0.05) is 37.4 Å². The third-order valence-electron chi connectivity index (χ3n) is 3.27. The number of halogens is 3. The highest BCUT2D eigenvalue weighted by Crippen LogP contribution is 2.27. The van der Waals surface area contributed by atoms with Crippen LogP contribution >= 0.6 is 11.6 Å². The minimum Gasteiger partial charge on any atom is -0.310 e. The van der Waals surface area contributed by atoms with Crippen LogP contribution in [0, 0.1) is 11.6 Å². The number of hydrogen-bond acceptors (Lipinski definition) is 1. The molecule has 0 spiro atoms. The van der Waals surface area contributed by atoms with Crippen LogP contribution in [0.25, 0.3) is 0 Å². The van der Waals surface area contributed by atoms with E-state index in [1.54, 1.807) is 0 Å². The number of benzene rings is 1. The van der Waals surface area contributed by atoms with Crippen molar-refractivity contribution >= 4 is 11.6 Å². The van der Waals surface area contributed by atoms with E-state index in [4.69, 9.17) is 11.6 Å². The Labute approximate surface area is 125 Å². The molecule has 0 saturated carbocycles. The minimum atomic E-state index is -0.572. The Kier molecular flexibility index (Phi) is 7.78. The molecule has 0 aliphatic carbocycles. The molecule has 0 fully saturated rings. The summed E-state index contributed by atoms with van der Waals surface area (Å²) >= 11 is 5.58. The van der Waals surface area contributed by atoms with E-state index in [9.17, 15) is 8.78 Å². The summed E-state index contributed by atoms with van der Waals surface area (Å²) in [6.07, 6.45) is 6.79. The molecule has 0 aliphatic heterocycles. The van der Waals surface area contributed by atoms with Crippen LogP contribution in [0.4, 0.5) is 8.78 Å². The average Bonchev–Trinajstić information content (AvgIpc) is 2.41. The van der Waals surface area contributed by atoms with Gasteiger partial charge in [0.15, 0.2) is 0 Å². The first-order valence-corrected chi connectivity index (χ1v) is 7.46. The van der Waals surface area contributed by atoms with Crippen LogP contribution in [0.2, 0.25) is 5.02 Å². The predicted octanol–water partition coefficient (Wildman–Crippen LogP) is 5.41. The van der Waals surface area contributed by atoms with Gasteiger partial charge >= 0.3 is 0 Å². The Hall–Kier alpha value is -0.930. The maximum Gasteiger partial charge on any atom is 0.142 e. The van der Waals surface area contributed by atoms with E-state index in [2.05, 4.69) is 11.9 Å². The summed E-state index contributed by atoms with van der Waals surface area (Å²) in [6, 6.07) is 2.08. The molecule has 1 aromatic rings. The molecule has 1 rings (SSSR count). The second-order valence-electron chi connectivity index (χ2n) is 4.82. The van der Waals surface area contributed by atoms with E-state index < -0.39 is 11.6 Å². The third-order valence-corrected chi connectivity index (χ3v) is 3.56. The molecule has 0 heterocycles. The van der Waals surface area contributed by atoms with Crippen molar-refractivity contribution < 1.29 is 8.78 Å². The van der Waals surface area contributed by atoms with Gasteiger partial charge in [-0.2, -0.15) is 0 Å².